The molecule has 0 saturated carbocycles. The number of methoxy groups -OCH3 is 1. The molecule has 11 heteroatoms. The highest BCUT2D eigenvalue weighted by atomic mass is 32.2. The van der Waals surface area contributed by atoms with Crippen LogP contribution in [0.5, 0.6) is 0 Å². The van der Waals surface area contributed by atoms with E-state index < -0.39 is 10.0 Å². The molecular formula is C19H29N5O5S. The maximum atomic E-state index is 12.6. The molecule has 0 atom stereocenters. The highest BCUT2D eigenvalue weighted by Crippen LogP contribution is 2.27. The molecule has 0 aromatic carbocycles. The number of hydrogen-bond donors (Lipinski definition) is 1. The quantitative estimate of drug-likeness (QED) is 0.656. The minimum Gasteiger partial charge on any atom is -0.383 e. The van der Waals surface area contributed by atoms with Crippen LogP contribution >= 0.6 is 0 Å². The highest BCUT2D eigenvalue weighted by Gasteiger charge is 2.28. The Labute approximate surface area is 176 Å². The molecular weight excluding hydrogens is 410 g/mol. The van der Waals surface area contributed by atoms with Crippen molar-refractivity contribution in [2.45, 2.75) is 45.7 Å². The molecule has 1 N–H and O–H groups in total. The van der Waals surface area contributed by atoms with Gasteiger partial charge < -0.3 is 19.1 Å². The number of nitrogens with one attached hydrogen (secondary N) is 1. The normalized spacial score (nSPS) is 16.1. The van der Waals surface area contributed by atoms with Crippen LogP contribution in [0.3, 0.4) is 0 Å². The molecule has 1 saturated heterocycles. The second-order valence-corrected chi connectivity index (χ2v) is 9.58. The zero-order valence-electron chi connectivity index (χ0n) is 17.8. The van der Waals surface area contributed by atoms with E-state index in [-0.39, 0.29) is 18.4 Å². The third kappa shape index (κ3) is 5.08. The maximum absolute atomic E-state index is 12.6. The zero-order chi connectivity index (χ0) is 21.9. The van der Waals surface area contributed by atoms with E-state index in [1.165, 1.54) is 10.6 Å². The number of aromatic nitrogens is 3. The predicted octanol–water partition coefficient (Wildman–Crippen LogP) is 1.20. The summed E-state index contributed by atoms with van der Waals surface area (Å²) in [7, 11) is -1.52. The number of ether oxygens (including phenoxy) is 1. The van der Waals surface area contributed by atoms with Gasteiger partial charge in [0.25, 0.3) is 5.91 Å². The second kappa shape index (κ2) is 9.27. The largest absolute Gasteiger partial charge is 0.383 e. The minimum absolute atomic E-state index is 0.0518. The zero-order valence-corrected chi connectivity index (χ0v) is 18.7. The van der Waals surface area contributed by atoms with Crippen LogP contribution < -0.4 is 5.32 Å². The summed E-state index contributed by atoms with van der Waals surface area (Å²) in [6.45, 7) is 6.16. The van der Waals surface area contributed by atoms with Crippen LogP contribution in [0.4, 0.5) is 0 Å². The molecule has 3 rings (SSSR count). The molecule has 0 unspecified atom stereocenters. The minimum atomic E-state index is -3.17. The molecule has 0 radical (unpaired) electrons. The van der Waals surface area contributed by atoms with Crippen LogP contribution in [0.2, 0.25) is 0 Å². The number of rotatable bonds is 8. The lowest BCUT2D eigenvalue weighted by molar-refractivity contribution is 0.0945. The Kier molecular flexibility index (Phi) is 6.94. The number of carbonyl (C=O) groups excluding carboxylic acids is 1. The number of hydrogen-bond acceptors (Lipinski definition) is 7. The Bertz CT molecular complexity index is 989. The van der Waals surface area contributed by atoms with Crippen LogP contribution in [-0.2, 0) is 27.8 Å². The van der Waals surface area contributed by atoms with Crippen LogP contribution in [0, 0.1) is 13.8 Å². The maximum Gasteiger partial charge on any atom is 0.253 e. The number of sulfonamides is 1. The molecule has 0 spiro atoms. The van der Waals surface area contributed by atoms with Crippen molar-refractivity contribution in [2.24, 2.45) is 0 Å². The van der Waals surface area contributed by atoms with Gasteiger partial charge >= 0.3 is 0 Å². The summed E-state index contributed by atoms with van der Waals surface area (Å²) in [5.74, 6) is 0.742. The average Bonchev–Trinajstić information content (AvgIpc) is 3.29. The number of aryl methyl sites for hydroxylation is 1. The Hall–Kier alpha value is -2.24. The number of piperidine rings is 1. The molecule has 1 amide bonds. The van der Waals surface area contributed by atoms with Crippen LogP contribution in [0.25, 0.3) is 0 Å². The number of amides is 1. The fourth-order valence-electron chi connectivity index (χ4n) is 3.76. The van der Waals surface area contributed by atoms with Gasteiger partial charge in [-0.2, -0.15) is 4.98 Å². The first kappa shape index (κ1) is 22.4. The van der Waals surface area contributed by atoms with Gasteiger partial charge in [-0.25, -0.2) is 12.7 Å². The first-order valence-corrected chi connectivity index (χ1v) is 11.8. The van der Waals surface area contributed by atoms with E-state index in [9.17, 15) is 13.2 Å². The number of nitrogens with zero attached hydrogens (tertiary/aromatic N) is 4. The summed E-state index contributed by atoms with van der Waals surface area (Å²) in [6, 6.07) is 1.86. The fraction of sp³-hybridized carbons (Fsp3) is 0.632. The van der Waals surface area contributed by atoms with Gasteiger partial charge in [0.1, 0.15) is 0 Å². The first-order valence-electron chi connectivity index (χ1n) is 9.92. The van der Waals surface area contributed by atoms with Gasteiger partial charge in [-0.15, -0.1) is 0 Å². The molecule has 10 nitrogen and oxygen atoms in total. The smallest absolute Gasteiger partial charge is 0.253 e. The van der Waals surface area contributed by atoms with Crippen molar-refractivity contribution < 1.29 is 22.5 Å². The summed E-state index contributed by atoms with van der Waals surface area (Å²) in [6.07, 6.45) is 2.51. The Morgan fingerprint density at radius 2 is 2.03 bits per heavy atom. The van der Waals surface area contributed by atoms with E-state index in [1.54, 1.807) is 7.11 Å². The van der Waals surface area contributed by atoms with E-state index in [4.69, 9.17) is 9.26 Å². The van der Waals surface area contributed by atoms with Gasteiger partial charge in [0.2, 0.25) is 15.9 Å². The molecule has 1 fully saturated rings. The van der Waals surface area contributed by atoms with Crippen molar-refractivity contribution in [3.05, 3.63) is 34.7 Å². The van der Waals surface area contributed by atoms with E-state index >= 15 is 0 Å². The van der Waals surface area contributed by atoms with Gasteiger partial charge in [0.15, 0.2) is 5.82 Å². The molecule has 0 aliphatic carbocycles. The van der Waals surface area contributed by atoms with Gasteiger partial charge in [-0.1, -0.05) is 5.16 Å². The molecule has 30 heavy (non-hydrogen) atoms. The van der Waals surface area contributed by atoms with Crippen LogP contribution in [0.1, 0.15) is 52.2 Å². The van der Waals surface area contributed by atoms with Crippen LogP contribution in [0.15, 0.2) is 10.6 Å². The topological polar surface area (TPSA) is 120 Å². The lowest BCUT2D eigenvalue weighted by Gasteiger charge is -2.28. The van der Waals surface area contributed by atoms with E-state index in [0.717, 1.165) is 11.4 Å². The van der Waals surface area contributed by atoms with Crippen LogP contribution in [-0.4, -0.2) is 66.4 Å². The molecule has 1 aliphatic rings. The fourth-order valence-corrected chi connectivity index (χ4v) is 4.63. The second-order valence-electron chi connectivity index (χ2n) is 7.59. The van der Waals surface area contributed by atoms with Crippen molar-refractivity contribution in [3.63, 3.8) is 0 Å². The third-order valence-corrected chi connectivity index (χ3v) is 6.81. The number of carbonyl (C=O) groups is 1. The first-order chi connectivity index (χ1) is 14.2. The van der Waals surface area contributed by atoms with Crippen molar-refractivity contribution in [1.29, 1.82) is 0 Å². The summed E-state index contributed by atoms with van der Waals surface area (Å²) in [5, 5.41) is 6.85. The van der Waals surface area contributed by atoms with Crippen molar-refractivity contribution in [2.75, 3.05) is 33.1 Å². The molecule has 2 aromatic heterocycles. The molecule has 166 valence electrons. The predicted molar refractivity (Wildman–Crippen MR) is 110 cm³/mol. The van der Waals surface area contributed by atoms with E-state index in [2.05, 4.69) is 15.5 Å². The van der Waals surface area contributed by atoms with Crippen molar-refractivity contribution in [1.82, 2.24) is 24.3 Å². The summed E-state index contributed by atoms with van der Waals surface area (Å²) in [4.78, 5) is 17.0. The van der Waals surface area contributed by atoms with Gasteiger partial charge in [-0.05, 0) is 32.8 Å². The molecule has 3 heterocycles. The Morgan fingerprint density at radius 3 is 2.67 bits per heavy atom. The summed E-state index contributed by atoms with van der Waals surface area (Å²) < 4.78 is 37.2. The van der Waals surface area contributed by atoms with E-state index in [0.29, 0.717) is 56.4 Å². The monoisotopic (exact) mass is 439 g/mol. The third-order valence-electron chi connectivity index (χ3n) is 5.51. The summed E-state index contributed by atoms with van der Waals surface area (Å²) >= 11 is 0. The lowest BCUT2D eigenvalue weighted by Crippen LogP contribution is -2.37. The van der Waals surface area contributed by atoms with Crippen molar-refractivity contribution in [3.8, 4) is 0 Å². The van der Waals surface area contributed by atoms with Crippen molar-refractivity contribution >= 4 is 15.9 Å². The SMILES string of the molecule is COCCn1c(C)cc(C(=O)NCc2nc(C3CCN(S(C)(=O)=O)CC3)no2)c1C. The van der Waals surface area contributed by atoms with Gasteiger partial charge in [0.05, 0.1) is 25.0 Å². The lowest BCUT2D eigenvalue weighted by atomic mass is 9.98. The molecule has 2 aromatic rings. The molecule has 1 aliphatic heterocycles. The average molecular weight is 440 g/mol. The Morgan fingerprint density at radius 1 is 1.33 bits per heavy atom. The van der Waals surface area contributed by atoms with Gasteiger partial charge in [0, 0.05) is 44.0 Å². The van der Waals surface area contributed by atoms with Gasteiger partial charge in [-0.3, -0.25) is 4.79 Å². The standard InChI is InChI=1S/C19H29N5O5S/c1-13-11-16(14(2)24(13)9-10-28-3)19(25)20-12-17-21-18(22-29-17)15-5-7-23(8-6-15)30(4,26)27/h11,15H,5-10,12H2,1-4H3,(H,20,25). The molecule has 0 bridgehead atoms. The Balaban J connectivity index is 1.57. The highest BCUT2D eigenvalue weighted by molar-refractivity contribution is 7.88. The summed E-state index contributed by atoms with van der Waals surface area (Å²) in [5.41, 5.74) is 2.48. The van der Waals surface area contributed by atoms with E-state index in [1.807, 2.05) is 24.5 Å².